The van der Waals surface area contributed by atoms with E-state index >= 15 is 0 Å². The second-order valence-electron chi connectivity index (χ2n) is 3.03. The summed E-state index contributed by atoms with van der Waals surface area (Å²) in [4.78, 5) is 0. The molecule has 0 aliphatic carbocycles. The van der Waals surface area contributed by atoms with E-state index in [2.05, 4.69) is 0 Å². The molecule has 15 heavy (non-hydrogen) atoms. The van der Waals surface area contributed by atoms with Crippen LogP contribution in [0.25, 0.3) is 0 Å². The van der Waals surface area contributed by atoms with Gasteiger partial charge in [-0.1, -0.05) is 6.07 Å². The van der Waals surface area contributed by atoms with Crippen molar-refractivity contribution in [3.05, 3.63) is 34.9 Å². The predicted molar refractivity (Wildman–Crippen MR) is 41.2 cm³/mol. The number of halogens is 6. The smallest absolute Gasteiger partial charge is 0.166 e. The fourth-order valence-electron chi connectivity index (χ4n) is 1.10. The maximum absolute atomic E-state index is 12.2. The highest BCUT2D eigenvalue weighted by Crippen LogP contribution is 2.36. The number of hydrogen-bond acceptors (Lipinski definition) is 0. The zero-order chi connectivity index (χ0) is 11.9. The summed E-state index contributed by atoms with van der Waals surface area (Å²) in [7, 11) is 0. The molecule has 6 heteroatoms. The number of benzene rings is 1. The van der Waals surface area contributed by atoms with E-state index in [0.717, 1.165) is 13.0 Å². The van der Waals surface area contributed by atoms with Crippen LogP contribution in [0.2, 0.25) is 0 Å². The zero-order valence-electron chi connectivity index (χ0n) is 7.50. The van der Waals surface area contributed by atoms with Gasteiger partial charge in [0, 0.05) is 0 Å². The van der Waals surface area contributed by atoms with Crippen LogP contribution in [0, 0.1) is 6.92 Å². The Kier molecular flexibility index (Phi) is 2.71. The second-order valence-corrected chi connectivity index (χ2v) is 3.03. The molecule has 0 aliphatic rings. The van der Waals surface area contributed by atoms with Crippen molar-refractivity contribution in [3.8, 4) is 0 Å². The fraction of sp³-hybridized carbons (Fsp3) is 0.333. The lowest BCUT2D eigenvalue weighted by molar-refractivity contribution is -0.143. The molecular formula is C9H6F6. The van der Waals surface area contributed by atoms with Crippen LogP contribution in [0.3, 0.4) is 0 Å². The Morgan fingerprint density at radius 1 is 0.867 bits per heavy atom. The molecule has 1 aromatic carbocycles. The highest BCUT2D eigenvalue weighted by Gasteiger charge is 2.37. The lowest BCUT2D eigenvalue weighted by Gasteiger charge is -2.13. The third kappa shape index (κ3) is 2.64. The van der Waals surface area contributed by atoms with E-state index in [9.17, 15) is 26.3 Å². The topological polar surface area (TPSA) is 0 Å². The molecule has 1 rings (SSSR count). The molecule has 0 N–H and O–H groups in total. The first-order valence-corrected chi connectivity index (χ1v) is 3.87. The maximum atomic E-state index is 12.2. The van der Waals surface area contributed by atoms with Gasteiger partial charge in [-0.25, -0.2) is 0 Å². The molecule has 1 aromatic rings. The Balaban J connectivity index is 3.30. The minimum atomic E-state index is -4.76. The molecule has 0 fully saturated rings. The van der Waals surface area contributed by atoms with Crippen LogP contribution in [-0.2, 0) is 12.4 Å². The van der Waals surface area contributed by atoms with Crippen LogP contribution in [0.5, 0.6) is 0 Å². The third-order valence-electron chi connectivity index (χ3n) is 1.87. The van der Waals surface area contributed by atoms with E-state index in [1.807, 2.05) is 0 Å². The molecule has 0 bridgehead atoms. The average molecular weight is 228 g/mol. The number of rotatable bonds is 0. The molecule has 0 spiro atoms. The van der Waals surface area contributed by atoms with Crippen molar-refractivity contribution in [3.63, 3.8) is 0 Å². The van der Waals surface area contributed by atoms with E-state index in [0.29, 0.717) is 6.07 Å². The predicted octanol–water partition coefficient (Wildman–Crippen LogP) is 4.03. The van der Waals surface area contributed by atoms with Gasteiger partial charge in [-0.15, -0.1) is 0 Å². The second kappa shape index (κ2) is 3.43. The Bertz CT molecular complexity index is 360. The maximum Gasteiger partial charge on any atom is 0.416 e. The van der Waals surface area contributed by atoms with Crippen molar-refractivity contribution in [1.29, 1.82) is 0 Å². The summed E-state index contributed by atoms with van der Waals surface area (Å²) in [6.07, 6.45) is -9.51. The van der Waals surface area contributed by atoms with Gasteiger partial charge >= 0.3 is 12.4 Å². The minimum Gasteiger partial charge on any atom is -0.166 e. The summed E-state index contributed by atoms with van der Waals surface area (Å²) >= 11 is 0. The quantitative estimate of drug-likeness (QED) is 0.588. The van der Waals surface area contributed by atoms with Gasteiger partial charge in [0.05, 0.1) is 11.1 Å². The molecule has 84 valence electrons. The first-order valence-electron chi connectivity index (χ1n) is 3.87. The molecular weight excluding hydrogens is 222 g/mol. The average Bonchev–Trinajstić information content (AvgIpc) is 2.00. The van der Waals surface area contributed by atoms with Crippen LogP contribution in [0.15, 0.2) is 18.2 Å². The van der Waals surface area contributed by atoms with Crippen LogP contribution < -0.4 is 0 Å². The Labute approximate surface area is 81.5 Å². The molecule has 0 saturated heterocycles. The van der Waals surface area contributed by atoms with Crippen LogP contribution >= 0.6 is 0 Å². The molecule has 0 aromatic heterocycles. The molecule has 0 nitrogen and oxygen atoms in total. The van der Waals surface area contributed by atoms with E-state index in [4.69, 9.17) is 0 Å². The van der Waals surface area contributed by atoms with Gasteiger partial charge in [0.1, 0.15) is 0 Å². The Hall–Kier alpha value is -1.20. The van der Waals surface area contributed by atoms with Crippen molar-refractivity contribution in [1.82, 2.24) is 0 Å². The molecule has 0 amide bonds. The minimum absolute atomic E-state index is 0.120. The summed E-state index contributed by atoms with van der Waals surface area (Å²) in [5.41, 5.74) is -2.77. The molecule has 0 saturated carbocycles. The van der Waals surface area contributed by atoms with E-state index in [1.54, 1.807) is 0 Å². The molecule has 0 unspecified atom stereocenters. The Morgan fingerprint density at radius 3 is 1.80 bits per heavy atom. The van der Waals surface area contributed by atoms with Gasteiger partial charge in [0.15, 0.2) is 0 Å². The fourth-order valence-corrected chi connectivity index (χ4v) is 1.10. The SMILES string of the molecule is Cc1ccc(C(F)(F)F)cc1C(F)(F)F. The van der Waals surface area contributed by atoms with Crippen molar-refractivity contribution < 1.29 is 26.3 Å². The largest absolute Gasteiger partial charge is 0.416 e. The first-order chi connectivity index (χ1) is 6.62. The Morgan fingerprint density at radius 2 is 1.40 bits per heavy atom. The normalized spacial score (nSPS) is 13.0. The third-order valence-corrected chi connectivity index (χ3v) is 1.87. The first kappa shape index (κ1) is 11.9. The summed E-state index contributed by atoms with van der Waals surface area (Å²) in [5.74, 6) is 0. The number of aryl methyl sites for hydroxylation is 1. The standard InChI is InChI=1S/C9H6F6/c1-5-2-3-6(8(10,11)12)4-7(5)9(13,14)15/h2-4H,1H3. The van der Waals surface area contributed by atoms with Gasteiger partial charge in [-0.2, -0.15) is 26.3 Å². The highest BCUT2D eigenvalue weighted by molar-refractivity contribution is 5.34. The van der Waals surface area contributed by atoms with E-state index in [1.165, 1.54) is 0 Å². The molecule has 0 radical (unpaired) electrons. The van der Waals surface area contributed by atoms with Gasteiger partial charge in [-0.05, 0) is 24.6 Å². The lowest BCUT2D eigenvalue weighted by atomic mass is 10.0. The van der Waals surface area contributed by atoms with Crippen LogP contribution in [-0.4, -0.2) is 0 Å². The molecule has 0 heterocycles. The monoisotopic (exact) mass is 228 g/mol. The summed E-state index contributed by atoms with van der Waals surface area (Å²) in [6, 6.07) is 1.56. The van der Waals surface area contributed by atoms with Gasteiger partial charge < -0.3 is 0 Å². The zero-order valence-corrected chi connectivity index (χ0v) is 7.50. The van der Waals surface area contributed by atoms with Gasteiger partial charge in [-0.3, -0.25) is 0 Å². The van der Waals surface area contributed by atoms with E-state index < -0.39 is 23.5 Å². The van der Waals surface area contributed by atoms with Crippen LogP contribution in [0.4, 0.5) is 26.3 Å². The van der Waals surface area contributed by atoms with Gasteiger partial charge in [0.25, 0.3) is 0 Å². The van der Waals surface area contributed by atoms with Crippen molar-refractivity contribution in [2.75, 3.05) is 0 Å². The van der Waals surface area contributed by atoms with Crippen molar-refractivity contribution in [2.24, 2.45) is 0 Å². The number of alkyl halides is 6. The molecule has 0 aliphatic heterocycles. The van der Waals surface area contributed by atoms with Gasteiger partial charge in [0.2, 0.25) is 0 Å². The molecule has 0 atom stereocenters. The number of hydrogen-bond donors (Lipinski definition) is 0. The van der Waals surface area contributed by atoms with Crippen molar-refractivity contribution >= 4 is 0 Å². The van der Waals surface area contributed by atoms with Crippen LogP contribution in [0.1, 0.15) is 16.7 Å². The van der Waals surface area contributed by atoms with Crippen molar-refractivity contribution in [2.45, 2.75) is 19.3 Å². The lowest BCUT2D eigenvalue weighted by Crippen LogP contribution is -2.12. The summed E-state index contributed by atoms with van der Waals surface area (Å²) < 4.78 is 73.1. The van der Waals surface area contributed by atoms with E-state index in [-0.39, 0.29) is 11.6 Å². The summed E-state index contributed by atoms with van der Waals surface area (Å²) in [5, 5.41) is 0. The summed E-state index contributed by atoms with van der Waals surface area (Å²) in [6.45, 7) is 1.11. The highest BCUT2D eigenvalue weighted by atomic mass is 19.4.